The standard InChI is InChI=1S/C16H19F2N3/c1-5-19-13-9-12(20-15(21-13)16(2,3)4)14-10(17)7-6-8-11(14)18/h6-9H,5H2,1-4H3,(H,19,20,21). The molecule has 0 saturated carbocycles. The first kappa shape index (κ1) is 15.4. The molecule has 0 bridgehead atoms. The lowest BCUT2D eigenvalue weighted by atomic mass is 9.95. The molecule has 0 aliphatic heterocycles. The molecule has 3 nitrogen and oxygen atoms in total. The van der Waals surface area contributed by atoms with Crippen molar-refractivity contribution in [3.8, 4) is 11.3 Å². The molecule has 0 spiro atoms. The molecule has 5 heteroatoms. The van der Waals surface area contributed by atoms with E-state index < -0.39 is 11.6 Å². The third-order valence-electron chi connectivity index (χ3n) is 2.97. The fourth-order valence-corrected chi connectivity index (χ4v) is 1.92. The number of benzene rings is 1. The van der Waals surface area contributed by atoms with Gasteiger partial charge in [0, 0.05) is 18.0 Å². The first-order chi connectivity index (χ1) is 9.82. The van der Waals surface area contributed by atoms with Crippen LogP contribution in [-0.2, 0) is 5.41 Å². The van der Waals surface area contributed by atoms with Crippen LogP contribution in [0.15, 0.2) is 24.3 Å². The van der Waals surface area contributed by atoms with E-state index in [4.69, 9.17) is 0 Å². The highest BCUT2D eigenvalue weighted by molar-refractivity contribution is 5.64. The molecule has 0 atom stereocenters. The molecule has 1 aromatic heterocycles. The molecule has 0 fully saturated rings. The molecule has 0 radical (unpaired) electrons. The second-order valence-electron chi connectivity index (χ2n) is 5.84. The Balaban J connectivity index is 2.65. The van der Waals surface area contributed by atoms with Gasteiger partial charge in [-0.3, -0.25) is 0 Å². The summed E-state index contributed by atoms with van der Waals surface area (Å²) in [7, 11) is 0. The monoisotopic (exact) mass is 291 g/mol. The molecule has 2 rings (SSSR count). The number of halogens is 2. The van der Waals surface area contributed by atoms with Crippen molar-refractivity contribution >= 4 is 5.82 Å². The number of hydrogen-bond donors (Lipinski definition) is 1. The van der Waals surface area contributed by atoms with Gasteiger partial charge in [-0.15, -0.1) is 0 Å². The van der Waals surface area contributed by atoms with Crippen molar-refractivity contribution in [2.45, 2.75) is 33.1 Å². The summed E-state index contributed by atoms with van der Waals surface area (Å²) in [5.74, 6) is -0.152. The lowest BCUT2D eigenvalue weighted by Gasteiger charge is -2.19. The molecule has 0 aliphatic rings. The van der Waals surface area contributed by atoms with E-state index in [-0.39, 0.29) is 16.7 Å². The molecule has 0 saturated heterocycles. The summed E-state index contributed by atoms with van der Waals surface area (Å²) in [5.41, 5.74) is -0.187. The van der Waals surface area contributed by atoms with Gasteiger partial charge >= 0.3 is 0 Å². The van der Waals surface area contributed by atoms with Crippen LogP contribution >= 0.6 is 0 Å². The third kappa shape index (κ3) is 3.35. The van der Waals surface area contributed by atoms with Gasteiger partial charge < -0.3 is 5.32 Å². The number of rotatable bonds is 3. The molecule has 0 amide bonds. The van der Waals surface area contributed by atoms with E-state index in [2.05, 4.69) is 15.3 Å². The van der Waals surface area contributed by atoms with Gasteiger partial charge in [-0.05, 0) is 19.1 Å². The zero-order valence-corrected chi connectivity index (χ0v) is 12.7. The Hall–Kier alpha value is -2.04. The van der Waals surface area contributed by atoms with E-state index >= 15 is 0 Å². The molecule has 1 aromatic carbocycles. The molecule has 2 aromatic rings. The highest BCUT2D eigenvalue weighted by atomic mass is 19.1. The van der Waals surface area contributed by atoms with E-state index in [0.29, 0.717) is 18.2 Å². The SMILES string of the molecule is CCNc1cc(-c2c(F)cccc2F)nc(C(C)(C)C)n1. The third-order valence-corrected chi connectivity index (χ3v) is 2.97. The molecular formula is C16H19F2N3. The molecule has 112 valence electrons. The predicted molar refractivity (Wildman–Crippen MR) is 80.2 cm³/mol. The summed E-state index contributed by atoms with van der Waals surface area (Å²) in [6.07, 6.45) is 0. The van der Waals surface area contributed by atoms with E-state index in [0.717, 1.165) is 0 Å². The zero-order valence-electron chi connectivity index (χ0n) is 12.7. The van der Waals surface area contributed by atoms with Crippen LogP contribution in [-0.4, -0.2) is 16.5 Å². The van der Waals surface area contributed by atoms with E-state index in [1.807, 2.05) is 27.7 Å². The summed E-state index contributed by atoms with van der Waals surface area (Å²) >= 11 is 0. The largest absolute Gasteiger partial charge is 0.370 e. The van der Waals surface area contributed by atoms with E-state index in [1.54, 1.807) is 6.07 Å². The number of hydrogen-bond acceptors (Lipinski definition) is 3. The van der Waals surface area contributed by atoms with Crippen LogP contribution in [0.3, 0.4) is 0 Å². The maximum Gasteiger partial charge on any atom is 0.136 e. The Morgan fingerprint density at radius 3 is 2.24 bits per heavy atom. The first-order valence-corrected chi connectivity index (χ1v) is 6.90. The Morgan fingerprint density at radius 1 is 1.10 bits per heavy atom. The Labute approximate surface area is 123 Å². The smallest absolute Gasteiger partial charge is 0.136 e. The zero-order chi connectivity index (χ0) is 15.6. The van der Waals surface area contributed by atoms with Gasteiger partial charge in [0.1, 0.15) is 23.3 Å². The minimum Gasteiger partial charge on any atom is -0.370 e. The second kappa shape index (κ2) is 5.76. The molecule has 0 aliphatic carbocycles. The summed E-state index contributed by atoms with van der Waals surface area (Å²) in [6, 6.07) is 5.36. The topological polar surface area (TPSA) is 37.8 Å². The van der Waals surface area contributed by atoms with Crippen LogP contribution in [0.25, 0.3) is 11.3 Å². The van der Waals surface area contributed by atoms with Crippen molar-refractivity contribution in [2.24, 2.45) is 0 Å². The summed E-state index contributed by atoms with van der Waals surface area (Å²) in [6.45, 7) is 8.47. The maximum absolute atomic E-state index is 14.0. The summed E-state index contributed by atoms with van der Waals surface area (Å²) in [5, 5.41) is 3.07. The van der Waals surface area contributed by atoms with Crippen LogP contribution in [0, 0.1) is 11.6 Å². The van der Waals surface area contributed by atoms with Crippen LogP contribution in [0.5, 0.6) is 0 Å². The van der Waals surface area contributed by atoms with Gasteiger partial charge in [-0.25, -0.2) is 18.7 Å². The van der Waals surface area contributed by atoms with Gasteiger partial charge in [-0.2, -0.15) is 0 Å². The van der Waals surface area contributed by atoms with Crippen LogP contribution in [0.2, 0.25) is 0 Å². The van der Waals surface area contributed by atoms with Crippen molar-refractivity contribution in [3.63, 3.8) is 0 Å². The van der Waals surface area contributed by atoms with Gasteiger partial charge in [0.2, 0.25) is 0 Å². The second-order valence-corrected chi connectivity index (χ2v) is 5.84. The predicted octanol–water partition coefficient (Wildman–Crippen LogP) is 4.15. The molecular weight excluding hydrogens is 272 g/mol. The lowest BCUT2D eigenvalue weighted by molar-refractivity contribution is 0.544. The Kier molecular flexibility index (Phi) is 4.21. The number of nitrogens with one attached hydrogen (secondary N) is 1. The number of anilines is 1. The fourth-order valence-electron chi connectivity index (χ4n) is 1.92. The van der Waals surface area contributed by atoms with E-state index in [1.165, 1.54) is 18.2 Å². The minimum absolute atomic E-state index is 0.121. The lowest BCUT2D eigenvalue weighted by Crippen LogP contribution is -2.18. The number of aromatic nitrogens is 2. The highest BCUT2D eigenvalue weighted by Crippen LogP contribution is 2.28. The fraction of sp³-hybridized carbons (Fsp3) is 0.375. The molecule has 0 unspecified atom stereocenters. The Morgan fingerprint density at radius 2 is 1.71 bits per heavy atom. The van der Waals surface area contributed by atoms with Gasteiger partial charge in [0.05, 0.1) is 11.3 Å². The highest BCUT2D eigenvalue weighted by Gasteiger charge is 2.21. The maximum atomic E-state index is 14.0. The van der Waals surface area contributed by atoms with Crippen molar-refractivity contribution in [1.29, 1.82) is 0 Å². The molecule has 1 N–H and O–H groups in total. The van der Waals surface area contributed by atoms with Crippen LogP contribution in [0.4, 0.5) is 14.6 Å². The number of nitrogens with zero attached hydrogens (tertiary/aromatic N) is 2. The molecule has 1 heterocycles. The van der Waals surface area contributed by atoms with Crippen molar-refractivity contribution in [3.05, 3.63) is 41.7 Å². The summed E-state index contributed by atoms with van der Waals surface area (Å²) in [4.78, 5) is 8.76. The van der Waals surface area contributed by atoms with Crippen LogP contribution < -0.4 is 5.32 Å². The van der Waals surface area contributed by atoms with Crippen molar-refractivity contribution in [1.82, 2.24) is 9.97 Å². The van der Waals surface area contributed by atoms with Crippen LogP contribution in [0.1, 0.15) is 33.5 Å². The normalized spacial score (nSPS) is 11.5. The van der Waals surface area contributed by atoms with E-state index in [9.17, 15) is 8.78 Å². The average Bonchev–Trinajstić information content (AvgIpc) is 2.37. The Bertz CT molecular complexity index is 628. The quantitative estimate of drug-likeness (QED) is 0.923. The van der Waals surface area contributed by atoms with Gasteiger partial charge in [0.15, 0.2) is 0 Å². The van der Waals surface area contributed by atoms with Crippen molar-refractivity contribution < 1.29 is 8.78 Å². The average molecular weight is 291 g/mol. The van der Waals surface area contributed by atoms with Gasteiger partial charge in [-0.1, -0.05) is 26.8 Å². The summed E-state index contributed by atoms with van der Waals surface area (Å²) < 4.78 is 27.9. The molecule has 21 heavy (non-hydrogen) atoms. The first-order valence-electron chi connectivity index (χ1n) is 6.90. The van der Waals surface area contributed by atoms with Crippen molar-refractivity contribution in [2.75, 3.05) is 11.9 Å². The van der Waals surface area contributed by atoms with Gasteiger partial charge in [0.25, 0.3) is 0 Å². The minimum atomic E-state index is -0.629.